The second kappa shape index (κ2) is 5.70. The average molecular weight is 324 g/mol. The van der Waals surface area contributed by atoms with Gasteiger partial charge >= 0.3 is 5.69 Å². The molecule has 23 heavy (non-hydrogen) atoms. The van der Waals surface area contributed by atoms with Gasteiger partial charge in [-0.15, -0.1) is 5.10 Å². The van der Waals surface area contributed by atoms with Gasteiger partial charge in [-0.2, -0.15) is 4.98 Å². The van der Waals surface area contributed by atoms with E-state index in [1.54, 1.807) is 13.1 Å². The molecule has 2 aromatic rings. The van der Waals surface area contributed by atoms with Gasteiger partial charge in [-0.1, -0.05) is 5.21 Å². The van der Waals surface area contributed by atoms with Gasteiger partial charge in [-0.05, 0) is 6.92 Å². The molecule has 0 radical (unpaired) electrons. The number of nitrogens with zero attached hydrogens (tertiary/aromatic N) is 5. The molecule has 0 amide bonds. The largest absolute Gasteiger partial charge is 0.394 e. The van der Waals surface area contributed by atoms with Crippen LogP contribution in [0.5, 0.6) is 0 Å². The van der Waals surface area contributed by atoms with E-state index in [4.69, 9.17) is 15.6 Å². The number of ether oxygens (including phenoxy) is 1. The minimum absolute atomic E-state index is 0.0668. The molecule has 3 heterocycles. The third-order valence-corrected chi connectivity index (χ3v) is 3.61. The van der Waals surface area contributed by atoms with Crippen molar-refractivity contribution in [2.24, 2.45) is 0 Å². The molecule has 11 heteroatoms. The van der Waals surface area contributed by atoms with Gasteiger partial charge in [0, 0.05) is 6.20 Å². The van der Waals surface area contributed by atoms with E-state index in [2.05, 4.69) is 15.3 Å². The molecule has 124 valence electrons. The molecule has 11 nitrogen and oxygen atoms in total. The first-order valence-electron chi connectivity index (χ1n) is 6.83. The predicted molar refractivity (Wildman–Crippen MR) is 75.6 cm³/mol. The van der Waals surface area contributed by atoms with Crippen LogP contribution in [-0.2, 0) is 4.74 Å². The minimum atomic E-state index is -1.40. The SMILES string of the molecule is Cc1cn(-c2cn(C3OC(CO)C(O)C3O)c(=O)nc2N)nn1. The molecule has 0 bridgehead atoms. The third-order valence-electron chi connectivity index (χ3n) is 3.61. The average Bonchev–Trinajstić information content (AvgIpc) is 3.05. The van der Waals surface area contributed by atoms with Gasteiger partial charge in [-0.25, -0.2) is 9.48 Å². The number of anilines is 1. The van der Waals surface area contributed by atoms with Crippen molar-refractivity contribution in [1.82, 2.24) is 24.5 Å². The normalized spacial score (nSPS) is 27.5. The maximum absolute atomic E-state index is 12.1. The van der Waals surface area contributed by atoms with Crippen molar-refractivity contribution in [3.63, 3.8) is 0 Å². The van der Waals surface area contributed by atoms with Gasteiger partial charge < -0.3 is 25.8 Å². The van der Waals surface area contributed by atoms with E-state index in [0.717, 1.165) is 4.57 Å². The number of hydrogen-bond donors (Lipinski definition) is 4. The summed E-state index contributed by atoms with van der Waals surface area (Å²) >= 11 is 0. The van der Waals surface area contributed by atoms with Crippen LogP contribution in [0.25, 0.3) is 5.69 Å². The molecule has 0 spiro atoms. The number of rotatable bonds is 3. The lowest BCUT2D eigenvalue weighted by atomic mass is 10.1. The Bertz CT molecular complexity index is 774. The smallest absolute Gasteiger partial charge is 0.351 e. The van der Waals surface area contributed by atoms with Crippen molar-refractivity contribution in [2.45, 2.75) is 31.5 Å². The van der Waals surface area contributed by atoms with Crippen LogP contribution >= 0.6 is 0 Å². The van der Waals surface area contributed by atoms with Crippen molar-refractivity contribution in [3.05, 3.63) is 28.6 Å². The molecule has 1 saturated heterocycles. The first-order valence-corrected chi connectivity index (χ1v) is 6.83. The fraction of sp³-hybridized carbons (Fsp3) is 0.500. The summed E-state index contributed by atoms with van der Waals surface area (Å²) < 4.78 is 7.65. The van der Waals surface area contributed by atoms with Gasteiger partial charge in [0.05, 0.1) is 18.5 Å². The van der Waals surface area contributed by atoms with E-state index in [9.17, 15) is 15.0 Å². The first kappa shape index (κ1) is 15.6. The molecule has 3 rings (SSSR count). The molecule has 1 aliphatic heterocycles. The summed E-state index contributed by atoms with van der Waals surface area (Å²) in [5.74, 6) is -0.0668. The highest BCUT2D eigenvalue weighted by atomic mass is 16.6. The molecule has 2 aromatic heterocycles. The molecule has 5 N–H and O–H groups in total. The highest BCUT2D eigenvalue weighted by Crippen LogP contribution is 2.28. The summed E-state index contributed by atoms with van der Waals surface area (Å²) in [7, 11) is 0. The molecule has 1 fully saturated rings. The first-order chi connectivity index (χ1) is 10.9. The lowest BCUT2D eigenvalue weighted by molar-refractivity contribution is -0.0549. The van der Waals surface area contributed by atoms with Gasteiger partial charge in [-0.3, -0.25) is 4.57 Å². The third kappa shape index (κ3) is 2.59. The molecule has 4 atom stereocenters. The van der Waals surface area contributed by atoms with Crippen LogP contribution in [0.1, 0.15) is 11.9 Å². The zero-order valence-electron chi connectivity index (χ0n) is 12.1. The van der Waals surface area contributed by atoms with Crippen LogP contribution in [0.15, 0.2) is 17.2 Å². The molecule has 0 saturated carbocycles. The predicted octanol–water partition coefficient (Wildman–Crippen LogP) is -2.67. The van der Waals surface area contributed by atoms with Crippen molar-refractivity contribution in [2.75, 3.05) is 12.3 Å². The topological polar surface area (TPSA) is 162 Å². The van der Waals surface area contributed by atoms with Gasteiger partial charge in [0.25, 0.3) is 0 Å². The Morgan fingerprint density at radius 3 is 2.65 bits per heavy atom. The minimum Gasteiger partial charge on any atom is -0.394 e. The van der Waals surface area contributed by atoms with Crippen LogP contribution in [0, 0.1) is 6.92 Å². The fourth-order valence-corrected chi connectivity index (χ4v) is 2.40. The molecular weight excluding hydrogens is 308 g/mol. The Morgan fingerprint density at radius 2 is 2.09 bits per heavy atom. The van der Waals surface area contributed by atoms with E-state index in [-0.39, 0.29) is 11.5 Å². The number of aliphatic hydroxyl groups excluding tert-OH is 3. The maximum Gasteiger partial charge on any atom is 0.351 e. The number of nitrogens with two attached hydrogens (primary N) is 1. The van der Waals surface area contributed by atoms with Crippen LogP contribution in [0.4, 0.5) is 5.82 Å². The summed E-state index contributed by atoms with van der Waals surface area (Å²) in [6, 6.07) is 0. The van der Waals surface area contributed by atoms with E-state index < -0.39 is 36.8 Å². The Balaban J connectivity index is 2.05. The van der Waals surface area contributed by atoms with Crippen LogP contribution in [0.2, 0.25) is 0 Å². The summed E-state index contributed by atoms with van der Waals surface area (Å²) in [4.78, 5) is 15.7. The Labute approximate surface area is 129 Å². The quantitative estimate of drug-likeness (QED) is 0.471. The lowest BCUT2D eigenvalue weighted by Gasteiger charge is -2.18. The molecular formula is C12H16N6O5. The van der Waals surface area contributed by atoms with Crippen molar-refractivity contribution in [1.29, 1.82) is 0 Å². The summed E-state index contributed by atoms with van der Waals surface area (Å²) in [5.41, 5.74) is 5.88. The standard InChI is InChI=1S/C12H16N6O5/c1-5-2-18(16-15-5)6-3-17(12(22)14-10(6)13)11-9(21)8(20)7(4-19)23-11/h2-3,7-9,11,19-21H,4H2,1H3,(H2,13,14,22). The Morgan fingerprint density at radius 1 is 1.35 bits per heavy atom. The molecule has 0 aromatic carbocycles. The van der Waals surface area contributed by atoms with Gasteiger partial charge in [0.1, 0.15) is 24.0 Å². The number of aliphatic hydroxyl groups is 3. The lowest BCUT2D eigenvalue weighted by Crippen LogP contribution is -2.36. The zero-order valence-corrected chi connectivity index (χ0v) is 12.1. The Kier molecular flexibility index (Phi) is 3.85. The number of nitrogen functional groups attached to an aromatic ring is 1. The molecule has 4 unspecified atom stereocenters. The van der Waals surface area contributed by atoms with Crippen LogP contribution in [-0.4, -0.2) is 64.8 Å². The fourth-order valence-electron chi connectivity index (χ4n) is 2.40. The second-order valence-electron chi connectivity index (χ2n) is 5.23. The van der Waals surface area contributed by atoms with E-state index in [0.29, 0.717) is 5.69 Å². The number of aromatic nitrogens is 5. The van der Waals surface area contributed by atoms with Crippen molar-refractivity contribution in [3.8, 4) is 5.69 Å². The van der Waals surface area contributed by atoms with Crippen LogP contribution < -0.4 is 11.4 Å². The second-order valence-corrected chi connectivity index (χ2v) is 5.23. The monoisotopic (exact) mass is 324 g/mol. The van der Waals surface area contributed by atoms with Crippen molar-refractivity contribution >= 4 is 5.82 Å². The molecule has 0 aliphatic carbocycles. The highest BCUT2D eigenvalue weighted by Gasteiger charge is 2.44. The van der Waals surface area contributed by atoms with E-state index in [1.807, 2.05) is 0 Å². The van der Waals surface area contributed by atoms with E-state index >= 15 is 0 Å². The number of hydrogen-bond acceptors (Lipinski definition) is 9. The molecule has 1 aliphatic rings. The zero-order chi connectivity index (χ0) is 16.7. The summed E-state index contributed by atoms with van der Waals surface area (Å²) in [5, 5.41) is 36.6. The van der Waals surface area contributed by atoms with Crippen molar-refractivity contribution < 1.29 is 20.1 Å². The summed E-state index contributed by atoms with van der Waals surface area (Å²) in [6.45, 7) is 1.23. The summed E-state index contributed by atoms with van der Waals surface area (Å²) in [6.07, 6.45) is -2.05. The highest BCUT2D eigenvalue weighted by molar-refractivity contribution is 5.49. The van der Waals surface area contributed by atoms with Gasteiger partial charge in [0.15, 0.2) is 12.0 Å². The van der Waals surface area contributed by atoms with Gasteiger partial charge in [0.2, 0.25) is 0 Å². The van der Waals surface area contributed by atoms with Crippen LogP contribution in [0.3, 0.4) is 0 Å². The maximum atomic E-state index is 12.1. The number of aryl methyl sites for hydroxylation is 1. The Hall–Kier alpha value is -2.34. The van der Waals surface area contributed by atoms with E-state index in [1.165, 1.54) is 10.9 Å².